The Bertz CT molecular complexity index is 1110. The van der Waals surface area contributed by atoms with Gasteiger partial charge in [0.2, 0.25) is 11.8 Å². The van der Waals surface area contributed by atoms with E-state index in [2.05, 4.69) is 5.32 Å². The average Bonchev–Trinajstić information content (AvgIpc) is 3.37. The number of hydrogen-bond acceptors (Lipinski definition) is 4. The molecule has 0 bridgehead atoms. The second-order valence-corrected chi connectivity index (χ2v) is 9.18. The van der Waals surface area contributed by atoms with Gasteiger partial charge in [-0.2, -0.15) is 0 Å². The molecule has 2 amide bonds. The molecule has 2 fully saturated rings. The molecular weight excluding hydrogens is 423 g/mol. The van der Waals surface area contributed by atoms with Gasteiger partial charge in [0.1, 0.15) is 23.7 Å². The van der Waals surface area contributed by atoms with E-state index in [9.17, 15) is 18.8 Å². The highest BCUT2D eigenvalue weighted by Gasteiger charge is 2.34. The molecule has 2 aromatic carbocycles. The first-order chi connectivity index (χ1) is 15.9. The first kappa shape index (κ1) is 21.6. The lowest BCUT2D eigenvalue weighted by Gasteiger charge is -2.23. The Balaban J connectivity index is 1.28. The highest BCUT2D eigenvalue weighted by molar-refractivity contribution is 5.99. The van der Waals surface area contributed by atoms with E-state index in [1.54, 1.807) is 11.0 Å². The maximum atomic E-state index is 14.6. The molecule has 7 heteroatoms. The van der Waals surface area contributed by atoms with Crippen LogP contribution in [0, 0.1) is 11.7 Å². The largest absolute Gasteiger partial charge is 0.487 e. The third-order valence-electron chi connectivity index (χ3n) is 6.81. The molecule has 33 heavy (non-hydrogen) atoms. The molecule has 172 valence electrons. The Hall–Kier alpha value is -3.22. The number of hydrogen-bond donors (Lipinski definition) is 1. The standard InChI is InChI=1S/C26H27FN2O4/c1-15(30)29-12-2-3-23(29)26(32)28-14-19-13-21-22(27)11-10-20(25(21)33-19)16-4-6-17(7-5-16)24(31)18-8-9-18/h4-7,10-11,18-19,23H,2-3,8-9,12-14H2,1H3,(H,28,32)/t19-,23+/m1/s1. The highest BCUT2D eigenvalue weighted by Crippen LogP contribution is 2.40. The van der Waals surface area contributed by atoms with Crippen LogP contribution in [0.4, 0.5) is 4.39 Å². The van der Waals surface area contributed by atoms with Crippen molar-refractivity contribution in [2.24, 2.45) is 5.92 Å². The third-order valence-corrected chi connectivity index (χ3v) is 6.81. The Morgan fingerprint density at radius 3 is 2.55 bits per heavy atom. The molecule has 1 N–H and O–H groups in total. The molecule has 1 saturated heterocycles. The molecule has 2 atom stereocenters. The molecule has 0 aromatic heterocycles. The molecule has 3 aliphatic rings. The van der Waals surface area contributed by atoms with Crippen molar-refractivity contribution in [3.63, 3.8) is 0 Å². The van der Waals surface area contributed by atoms with E-state index in [0.29, 0.717) is 36.3 Å². The van der Waals surface area contributed by atoms with Gasteiger partial charge in [-0.1, -0.05) is 24.3 Å². The topological polar surface area (TPSA) is 75.7 Å². The van der Waals surface area contributed by atoms with Crippen molar-refractivity contribution in [1.29, 1.82) is 0 Å². The van der Waals surface area contributed by atoms with Gasteiger partial charge in [-0.15, -0.1) is 0 Å². The number of likely N-dealkylation sites (tertiary alicyclic amines) is 1. The van der Waals surface area contributed by atoms with Crippen LogP contribution in [-0.4, -0.2) is 47.7 Å². The van der Waals surface area contributed by atoms with E-state index < -0.39 is 6.04 Å². The molecule has 0 radical (unpaired) electrons. The lowest BCUT2D eigenvalue weighted by Crippen LogP contribution is -2.47. The molecular formula is C26H27FN2O4. The van der Waals surface area contributed by atoms with Crippen molar-refractivity contribution in [3.8, 4) is 16.9 Å². The molecule has 0 unspecified atom stereocenters. The van der Waals surface area contributed by atoms with Crippen LogP contribution in [0.15, 0.2) is 36.4 Å². The molecule has 1 saturated carbocycles. The number of fused-ring (bicyclic) bond motifs is 1. The number of ether oxygens (including phenoxy) is 1. The zero-order chi connectivity index (χ0) is 23.1. The van der Waals surface area contributed by atoms with Gasteiger partial charge in [-0.05, 0) is 43.4 Å². The van der Waals surface area contributed by atoms with Gasteiger partial charge in [-0.3, -0.25) is 14.4 Å². The van der Waals surface area contributed by atoms with Gasteiger partial charge in [0.05, 0.1) is 6.54 Å². The predicted molar refractivity (Wildman–Crippen MR) is 120 cm³/mol. The number of carbonyl (C=O) groups excluding carboxylic acids is 3. The number of amides is 2. The summed E-state index contributed by atoms with van der Waals surface area (Å²) in [6.07, 6.45) is 3.35. The fourth-order valence-corrected chi connectivity index (χ4v) is 4.85. The lowest BCUT2D eigenvalue weighted by atomic mass is 9.98. The van der Waals surface area contributed by atoms with E-state index >= 15 is 0 Å². The van der Waals surface area contributed by atoms with Gasteiger partial charge in [0.25, 0.3) is 0 Å². The number of rotatable bonds is 6. The lowest BCUT2D eigenvalue weighted by molar-refractivity contribution is -0.137. The molecule has 2 aromatic rings. The first-order valence-electron chi connectivity index (χ1n) is 11.6. The summed E-state index contributed by atoms with van der Waals surface area (Å²) < 4.78 is 20.6. The number of carbonyl (C=O) groups is 3. The summed E-state index contributed by atoms with van der Waals surface area (Å²) in [5.41, 5.74) is 2.82. The summed E-state index contributed by atoms with van der Waals surface area (Å²) in [5, 5.41) is 2.88. The molecule has 2 heterocycles. The highest BCUT2D eigenvalue weighted by atomic mass is 19.1. The van der Waals surface area contributed by atoms with E-state index in [0.717, 1.165) is 30.4 Å². The van der Waals surface area contributed by atoms with Crippen LogP contribution >= 0.6 is 0 Å². The maximum Gasteiger partial charge on any atom is 0.242 e. The van der Waals surface area contributed by atoms with E-state index in [-0.39, 0.29) is 42.0 Å². The van der Waals surface area contributed by atoms with Gasteiger partial charge < -0.3 is 15.0 Å². The fourth-order valence-electron chi connectivity index (χ4n) is 4.85. The van der Waals surface area contributed by atoms with Crippen molar-refractivity contribution in [2.45, 2.75) is 51.2 Å². The normalized spacial score (nSPS) is 21.5. The van der Waals surface area contributed by atoms with Crippen molar-refractivity contribution in [3.05, 3.63) is 53.3 Å². The van der Waals surface area contributed by atoms with Crippen LogP contribution in [0.1, 0.15) is 48.5 Å². The molecule has 6 nitrogen and oxygen atoms in total. The van der Waals surface area contributed by atoms with E-state index in [1.165, 1.54) is 13.0 Å². The average molecular weight is 451 g/mol. The summed E-state index contributed by atoms with van der Waals surface area (Å²) >= 11 is 0. The number of Topliss-reactive ketones (excluding diaryl/α,β-unsaturated/α-hetero) is 1. The number of halogens is 1. The van der Waals surface area contributed by atoms with Crippen molar-refractivity contribution < 1.29 is 23.5 Å². The van der Waals surface area contributed by atoms with Crippen LogP contribution < -0.4 is 10.1 Å². The Labute approximate surface area is 192 Å². The van der Waals surface area contributed by atoms with Crippen molar-refractivity contribution in [2.75, 3.05) is 13.1 Å². The predicted octanol–water partition coefficient (Wildman–Crippen LogP) is 3.52. The second-order valence-electron chi connectivity index (χ2n) is 9.18. The first-order valence-corrected chi connectivity index (χ1v) is 11.6. The van der Waals surface area contributed by atoms with E-state index in [1.807, 2.05) is 24.3 Å². The minimum absolute atomic E-state index is 0.103. The van der Waals surface area contributed by atoms with Crippen molar-refractivity contribution in [1.82, 2.24) is 10.2 Å². The smallest absolute Gasteiger partial charge is 0.242 e. The molecule has 2 aliphatic heterocycles. The molecule has 0 spiro atoms. The molecule has 1 aliphatic carbocycles. The summed E-state index contributed by atoms with van der Waals surface area (Å²) in [6, 6.07) is 10.1. The van der Waals surface area contributed by atoms with E-state index in [4.69, 9.17) is 4.74 Å². The number of nitrogens with zero attached hydrogens (tertiary/aromatic N) is 1. The molecule has 5 rings (SSSR count). The van der Waals surface area contributed by atoms with Gasteiger partial charge in [0, 0.05) is 42.5 Å². The van der Waals surface area contributed by atoms with Crippen LogP contribution in [0.5, 0.6) is 5.75 Å². The number of benzene rings is 2. The number of nitrogens with one attached hydrogen (secondary N) is 1. The minimum atomic E-state index is -0.449. The monoisotopic (exact) mass is 450 g/mol. The summed E-state index contributed by atoms with van der Waals surface area (Å²) in [6.45, 7) is 2.31. The minimum Gasteiger partial charge on any atom is -0.487 e. The summed E-state index contributed by atoms with van der Waals surface area (Å²) in [7, 11) is 0. The fraction of sp³-hybridized carbons (Fsp3) is 0.423. The quantitative estimate of drug-likeness (QED) is 0.684. The van der Waals surface area contributed by atoms with Gasteiger partial charge in [-0.25, -0.2) is 4.39 Å². The van der Waals surface area contributed by atoms with Crippen LogP contribution in [0.25, 0.3) is 11.1 Å². The Morgan fingerprint density at radius 1 is 1.09 bits per heavy atom. The zero-order valence-corrected chi connectivity index (χ0v) is 18.6. The Kier molecular flexibility index (Phi) is 5.64. The Morgan fingerprint density at radius 2 is 1.85 bits per heavy atom. The van der Waals surface area contributed by atoms with Crippen LogP contribution in [0.3, 0.4) is 0 Å². The number of ketones is 1. The van der Waals surface area contributed by atoms with Crippen LogP contribution in [-0.2, 0) is 16.0 Å². The third kappa shape index (κ3) is 4.24. The van der Waals surface area contributed by atoms with Gasteiger partial charge in [0.15, 0.2) is 5.78 Å². The van der Waals surface area contributed by atoms with Crippen LogP contribution in [0.2, 0.25) is 0 Å². The summed E-state index contributed by atoms with van der Waals surface area (Å²) in [4.78, 5) is 38.2. The summed E-state index contributed by atoms with van der Waals surface area (Å²) in [5.74, 6) is 0.205. The van der Waals surface area contributed by atoms with Gasteiger partial charge >= 0.3 is 0 Å². The second kappa shape index (κ2) is 8.61. The zero-order valence-electron chi connectivity index (χ0n) is 18.6. The van der Waals surface area contributed by atoms with Crippen molar-refractivity contribution >= 4 is 17.6 Å². The maximum absolute atomic E-state index is 14.6. The SMILES string of the molecule is CC(=O)N1CCC[C@H]1C(=O)NC[C@H]1Cc2c(F)ccc(-c3ccc(C(=O)C4CC4)cc3)c2O1.